The average Bonchev–Trinajstić information content (AvgIpc) is 2.79. The van der Waals surface area contributed by atoms with E-state index in [9.17, 15) is 19.8 Å². The van der Waals surface area contributed by atoms with Gasteiger partial charge in [-0.25, -0.2) is 4.79 Å². The molecule has 0 spiro atoms. The normalized spacial score (nSPS) is 10.6. The van der Waals surface area contributed by atoms with E-state index in [4.69, 9.17) is 11.1 Å². The summed E-state index contributed by atoms with van der Waals surface area (Å²) >= 11 is 0. The van der Waals surface area contributed by atoms with Gasteiger partial charge in [-0.2, -0.15) is 0 Å². The number of carbonyl (C=O) groups excluding carboxylic acids is 1. The second-order valence-corrected chi connectivity index (χ2v) is 7.19. The molecule has 4 rings (SSSR count). The second kappa shape index (κ2) is 8.23. The van der Waals surface area contributed by atoms with Gasteiger partial charge >= 0.3 is 5.97 Å². The number of aromatic hydroxyl groups is 1. The highest BCUT2D eigenvalue weighted by atomic mass is 16.4. The number of phenols is 1. The molecule has 0 aliphatic rings. The van der Waals surface area contributed by atoms with Crippen molar-refractivity contribution in [1.82, 2.24) is 0 Å². The number of nitrogen functional groups attached to an aromatic ring is 1. The molecule has 0 atom stereocenters. The zero-order chi connectivity index (χ0) is 22.8. The number of phenolic OH excluding ortho intramolecular Hbond substituents is 1. The van der Waals surface area contributed by atoms with E-state index in [1.54, 1.807) is 66.7 Å². The minimum absolute atomic E-state index is 0.0215. The standard InChI is InChI=1S/C25H19N3O4/c26-23(27)14-8-10-16(11-9-14)28-24(30)18-6-2-1-5-17(18)20-13-19-15(4-3-7-22(19)29)12-21(20)25(31)32/h1-13,29H,(H3,26,27)(H,28,30)(H,31,32). The number of hydrogen-bond donors (Lipinski definition) is 5. The first-order chi connectivity index (χ1) is 15.3. The van der Waals surface area contributed by atoms with Crippen LogP contribution in [0.15, 0.2) is 78.9 Å². The van der Waals surface area contributed by atoms with Crippen LogP contribution in [-0.2, 0) is 0 Å². The van der Waals surface area contributed by atoms with Crippen molar-refractivity contribution in [1.29, 1.82) is 5.41 Å². The Morgan fingerprint density at radius 3 is 2.25 bits per heavy atom. The number of rotatable bonds is 5. The zero-order valence-corrected chi connectivity index (χ0v) is 16.8. The van der Waals surface area contributed by atoms with Crippen molar-refractivity contribution < 1.29 is 19.8 Å². The third-order valence-electron chi connectivity index (χ3n) is 5.14. The third-order valence-corrected chi connectivity index (χ3v) is 5.14. The quantitative estimate of drug-likeness (QED) is 0.238. The van der Waals surface area contributed by atoms with Gasteiger partial charge in [0.05, 0.1) is 5.56 Å². The van der Waals surface area contributed by atoms with Gasteiger partial charge in [-0.3, -0.25) is 10.2 Å². The lowest BCUT2D eigenvalue weighted by Crippen LogP contribution is -2.14. The summed E-state index contributed by atoms with van der Waals surface area (Å²) in [5.74, 6) is -1.62. The highest BCUT2D eigenvalue weighted by molar-refractivity contribution is 6.12. The van der Waals surface area contributed by atoms with Crippen molar-refractivity contribution in [3.8, 4) is 16.9 Å². The molecule has 0 heterocycles. The predicted octanol–water partition coefficient (Wildman–Crippen LogP) is 4.45. The first-order valence-corrected chi connectivity index (χ1v) is 9.69. The molecule has 0 bridgehead atoms. The number of amidine groups is 1. The van der Waals surface area contributed by atoms with Crippen LogP contribution in [-0.4, -0.2) is 27.9 Å². The topological polar surface area (TPSA) is 136 Å². The molecule has 0 aromatic heterocycles. The number of amides is 1. The summed E-state index contributed by atoms with van der Waals surface area (Å²) in [6, 6.07) is 21.1. The van der Waals surface area contributed by atoms with E-state index in [-0.39, 0.29) is 22.7 Å². The van der Waals surface area contributed by atoms with Gasteiger partial charge in [0, 0.05) is 22.2 Å². The van der Waals surface area contributed by atoms with Gasteiger partial charge in [0.2, 0.25) is 0 Å². The van der Waals surface area contributed by atoms with E-state index in [1.165, 1.54) is 12.1 Å². The fourth-order valence-corrected chi connectivity index (χ4v) is 3.56. The molecular formula is C25H19N3O4. The van der Waals surface area contributed by atoms with Crippen LogP contribution in [0.4, 0.5) is 5.69 Å². The van der Waals surface area contributed by atoms with Crippen molar-refractivity contribution in [2.24, 2.45) is 5.73 Å². The zero-order valence-electron chi connectivity index (χ0n) is 16.8. The molecule has 158 valence electrons. The number of carboxylic acid groups (broad SMARTS) is 1. The summed E-state index contributed by atoms with van der Waals surface area (Å²) in [7, 11) is 0. The van der Waals surface area contributed by atoms with Crippen molar-refractivity contribution in [3.63, 3.8) is 0 Å². The molecule has 0 saturated heterocycles. The number of aromatic carboxylic acids is 1. The number of benzene rings is 4. The van der Waals surface area contributed by atoms with Gasteiger partial charge < -0.3 is 21.3 Å². The Labute approximate surface area is 183 Å². The van der Waals surface area contributed by atoms with Crippen LogP contribution in [0.2, 0.25) is 0 Å². The minimum atomic E-state index is -1.14. The molecule has 0 aliphatic heterocycles. The molecule has 4 aromatic carbocycles. The summed E-state index contributed by atoms with van der Waals surface area (Å²) in [6.07, 6.45) is 0. The van der Waals surface area contributed by atoms with Gasteiger partial charge in [-0.15, -0.1) is 0 Å². The largest absolute Gasteiger partial charge is 0.507 e. The highest BCUT2D eigenvalue weighted by Crippen LogP contribution is 2.35. The Bertz CT molecular complexity index is 1380. The molecule has 0 saturated carbocycles. The van der Waals surface area contributed by atoms with Crippen molar-refractivity contribution in [2.75, 3.05) is 5.32 Å². The number of nitrogens with one attached hydrogen (secondary N) is 2. The Hall–Kier alpha value is -4.65. The summed E-state index contributed by atoms with van der Waals surface area (Å²) < 4.78 is 0. The third kappa shape index (κ3) is 3.87. The number of carboxylic acids is 1. The maximum Gasteiger partial charge on any atom is 0.336 e. The van der Waals surface area contributed by atoms with Crippen LogP contribution in [0.25, 0.3) is 21.9 Å². The summed E-state index contributed by atoms with van der Waals surface area (Å²) in [5, 5.41) is 31.4. The fraction of sp³-hybridized carbons (Fsp3) is 0. The Morgan fingerprint density at radius 2 is 1.56 bits per heavy atom. The van der Waals surface area contributed by atoms with Crippen LogP contribution >= 0.6 is 0 Å². The average molecular weight is 425 g/mol. The number of carbonyl (C=O) groups is 2. The number of anilines is 1. The lowest BCUT2D eigenvalue weighted by molar-refractivity contribution is 0.0697. The molecule has 0 unspecified atom stereocenters. The number of fused-ring (bicyclic) bond motifs is 1. The summed E-state index contributed by atoms with van der Waals surface area (Å²) in [5.41, 5.74) is 7.54. The molecule has 32 heavy (non-hydrogen) atoms. The second-order valence-electron chi connectivity index (χ2n) is 7.19. The van der Waals surface area contributed by atoms with Crippen molar-refractivity contribution >= 4 is 34.2 Å². The lowest BCUT2D eigenvalue weighted by Gasteiger charge is -2.14. The molecular weight excluding hydrogens is 406 g/mol. The van der Waals surface area contributed by atoms with Crippen molar-refractivity contribution in [3.05, 3.63) is 95.6 Å². The van der Waals surface area contributed by atoms with E-state index in [1.807, 2.05) is 0 Å². The van der Waals surface area contributed by atoms with Gasteiger partial charge in [0.15, 0.2) is 0 Å². The van der Waals surface area contributed by atoms with Crippen LogP contribution < -0.4 is 11.1 Å². The van der Waals surface area contributed by atoms with Crippen LogP contribution in [0.1, 0.15) is 26.3 Å². The molecule has 4 aromatic rings. The van der Waals surface area contributed by atoms with Crippen LogP contribution in [0, 0.1) is 5.41 Å². The number of hydrogen-bond acceptors (Lipinski definition) is 4. The SMILES string of the molecule is N=C(N)c1ccc(NC(=O)c2ccccc2-c2cc3c(O)cccc3cc2C(=O)O)cc1. The molecule has 0 radical (unpaired) electrons. The molecule has 7 nitrogen and oxygen atoms in total. The monoisotopic (exact) mass is 425 g/mol. The summed E-state index contributed by atoms with van der Waals surface area (Å²) in [6.45, 7) is 0. The van der Waals surface area contributed by atoms with E-state index in [0.717, 1.165) is 0 Å². The Kier molecular flexibility index (Phi) is 5.30. The van der Waals surface area contributed by atoms with Gasteiger partial charge in [0.1, 0.15) is 11.6 Å². The smallest absolute Gasteiger partial charge is 0.336 e. The van der Waals surface area contributed by atoms with E-state index < -0.39 is 11.9 Å². The molecule has 1 amide bonds. The van der Waals surface area contributed by atoms with Gasteiger partial charge in [0.25, 0.3) is 5.91 Å². The Balaban J connectivity index is 1.80. The van der Waals surface area contributed by atoms with E-state index in [0.29, 0.717) is 33.2 Å². The number of nitrogens with two attached hydrogens (primary N) is 1. The van der Waals surface area contributed by atoms with E-state index in [2.05, 4.69) is 5.32 Å². The maximum absolute atomic E-state index is 13.1. The first-order valence-electron chi connectivity index (χ1n) is 9.69. The van der Waals surface area contributed by atoms with Crippen molar-refractivity contribution in [2.45, 2.75) is 0 Å². The van der Waals surface area contributed by atoms with Gasteiger partial charge in [-0.05, 0) is 65.0 Å². The Morgan fingerprint density at radius 1 is 0.844 bits per heavy atom. The maximum atomic E-state index is 13.1. The first kappa shape index (κ1) is 20.6. The van der Waals surface area contributed by atoms with Gasteiger partial charge in [-0.1, -0.05) is 30.3 Å². The molecule has 7 heteroatoms. The summed E-state index contributed by atoms with van der Waals surface area (Å²) in [4.78, 5) is 25.1. The van der Waals surface area contributed by atoms with E-state index >= 15 is 0 Å². The highest BCUT2D eigenvalue weighted by Gasteiger charge is 2.20. The molecule has 0 aliphatic carbocycles. The van der Waals surface area contributed by atoms with Crippen LogP contribution in [0.3, 0.4) is 0 Å². The predicted molar refractivity (Wildman–Crippen MR) is 123 cm³/mol. The van der Waals surface area contributed by atoms with Crippen LogP contribution in [0.5, 0.6) is 5.75 Å². The molecule has 0 fully saturated rings. The minimum Gasteiger partial charge on any atom is -0.507 e. The lowest BCUT2D eigenvalue weighted by atomic mass is 9.92. The molecule has 6 N–H and O–H groups in total. The fourth-order valence-electron chi connectivity index (χ4n) is 3.56.